The maximum atomic E-state index is 11.8. The lowest BCUT2D eigenvalue weighted by molar-refractivity contribution is -0.139. The molecule has 0 saturated heterocycles. The van der Waals surface area contributed by atoms with Crippen molar-refractivity contribution in [2.24, 2.45) is 0 Å². The molecule has 0 atom stereocenters. The summed E-state index contributed by atoms with van der Waals surface area (Å²) in [5.41, 5.74) is -0.00892. The molecule has 0 saturated carbocycles. The van der Waals surface area contributed by atoms with E-state index in [2.05, 4.69) is 10.3 Å². The molecular formula is C12H18N2O3. The zero-order valence-corrected chi connectivity index (χ0v) is 10.6. The van der Waals surface area contributed by atoms with Gasteiger partial charge in [0.15, 0.2) is 0 Å². The highest BCUT2D eigenvalue weighted by Gasteiger charge is 2.26. The highest BCUT2D eigenvalue weighted by Crippen LogP contribution is 2.14. The summed E-state index contributed by atoms with van der Waals surface area (Å²) >= 11 is 0. The van der Waals surface area contributed by atoms with Crippen molar-refractivity contribution >= 4 is 5.91 Å². The van der Waals surface area contributed by atoms with Crippen molar-refractivity contribution in [3.63, 3.8) is 0 Å². The molecule has 0 unspecified atom stereocenters. The average Bonchev–Trinajstić information content (AvgIpc) is 2.36. The van der Waals surface area contributed by atoms with Gasteiger partial charge in [0.25, 0.3) is 5.91 Å². The first-order chi connectivity index (χ1) is 8.01. The van der Waals surface area contributed by atoms with Crippen LogP contribution in [0.5, 0.6) is 5.88 Å². The second-order valence-electron chi connectivity index (χ2n) is 4.07. The second-order valence-corrected chi connectivity index (χ2v) is 4.07. The van der Waals surface area contributed by atoms with Gasteiger partial charge in [0.2, 0.25) is 5.88 Å². The van der Waals surface area contributed by atoms with Gasteiger partial charge in [0, 0.05) is 25.4 Å². The minimum atomic E-state index is -0.838. The number of aromatic nitrogens is 1. The van der Waals surface area contributed by atoms with Crippen LogP contribution in [0.1, 0.15) is 19.4 Å². The van der Waals surface area contributed by atoms with Crippen LogP contribution in [0.4, 0.5) is 0 Å². The smallest absolute Gasteiger partial charge is 0.251 e. The molecule has 5 heteroatoms. The minimum Gasteiger partial charge on any atom is -0.481 e. The summed E-state index contributed by atoms with van der Waals surface area (Å²) in [7, 11) is 3.05. The van der Waals surface area contributed by atoms with Gasteiger partial charge in [-0.05, 0) is 19.9 Å². The number of nitrogens with zero attached hydrogens (tertiary/aromatic N) is 1. The molecule has 17 heavy (non-hydrogen) atoms. The van der Waals surface area contributed by atoms with E-state index in [-0.39, 0.29) is 5.91 Å². The third kappa shape index (κ3) is 3.42. The van der Waals surface area contributed by atoms with Crippen molar-refractivity contribution < 1.29 is 14.3 Å². The number of methoxy groups -OCH3 is 2. The fourth-order valence-electron chi connectivity index (χ4n) is 1.22. The van der Waals surface area contributed by atoms with E-state index in [4.69, 9.17) is 9.47 Å². The van der Waals surface area contributed by atoms with Gasteiger partial charge in [-0.3, -0.25) is 4.79 Å². The molecule has 0 aliphatic carbocycles. The number of pyridine rings is 1. The van der Waals surface area contributed by atoms with Crippen LogP contribution in [-0.2, 0) is 16.1 Å². The van der Waals surface area contributed by atoms with Crippen LogP contribution in [0.2, 0.25) is 0 Å². The van der Waals surface area contributed by atoms with E-state index in [1.165, 1.54) is 7.11 Å². The van der Waals surface area contributed by atoms with Crippen molar-refractivity contribution in [1.29, 1.82) is 0 Å². The molecule has 0 fully saturated rings. The lowest BCUT2D eigenvalue weighted by Gasteiger charge is -2.21. The molecule has 0 radical (unpaired) electrons. The molecule has 1 N–H and O–H groups in total. The number of amides is 1. The van der Waals surface area contributed by atoms with Crippen LogP contribution < -0.4 is 10.1 Å². The molecule has 0 aliphatic rings. The Kier molecular flexibility index (Phi) is 4.45. The van der Waals surface area contributed by atoms with Gasteiger partial charge >= 0.3 is 0 Å². The first kappa shape index (κ1) is 13.4. The van der Waals surface area contributed by atoms with Gasteiger partial charge in [0.1, 0.15) is 5.60 Å². The Morgan fingerprint density at radius 2 is 2.18 bits per heavy atom. The molecule has 1 aromatic rings. The second kappa shape index (κ2) is 5.63. The van der Waals surface area contributed by atoms with Crippen molar-refractivity contribution in [3.05, 3.63) is 23.9 Å². The van der Waals surface area contributed by atoms with E-state index in [1.54, 1.807) is 33.2 Å². The number of hydrogen-bond acceptors (Lipinski definition) is 4. The van der Waals surface area contributed by atoms with Crippen molar-refractivity contribution in [1.82, 2.24) is 10.3 Å². The van der Waals surface area contributed by atoms with Crippen LogP contribution in [0.3, 0.4) is 0 Å². The summed E-state index contributed by atoms with van der Waals surface area (Å²) in [6.45, 7) is 3.79. The highest BCUT2D eigenvalue weighted by atomic mass is 16.5. The Hall–Kier alpha value is -1.62. The van der Waals surface area contributed by atoms with Crippen molar-refractivity contribution in [3.8, 4) is 5.88 Å². The van der Waals surface area contributed by atoms with Gasteiger partial charge in [-0.1, -0.05) is 6.07 Å². The Bertz CT molecular complexity index is 391. The monoisotopic (exact) mass is 238 g/mol. The molecule has 0 bridgehead atoms. The Morgan fingerprint density at radius 1 is 1.47 bits per heavy atom. The summed E-state index contributed by atoms with van der Waals surface area (Å²) in [4.78, 5) is 15.8. The van der Waals surface area contributed by atoms with Gasteiger partial charge in [-0.2, -0.15) is 0 Å². The lowest BCUT2D eigenvalue weighted by atomic mass is 10.1. The van der Waals surface area contributed by atoms with E-state index < -0.39 is 5.60 Å². The molecular weight excluding hydrogens is 220 g/mol. The number of rotatable bonds is 5. The number of carbonyl (C=O) groups is 1. The SMILES string of the molecule is COc1ncccc1CNC(=O)C(C)(C)OC. The summed E-state index contributed by atoms with van der Waals surface area (Å²) in [5, 5.41) is 2.78. The third-order valence-corrected chi connectivity index (χ3v) is 2.54. The quantitative estimate of drug-likeness (QED) is 0.835. The summed E-state index contributed by atoms with van der Waals surface area (Å²) < 4.78 is 10.2. The van der Waals surface area contributed by atoms with E-state index in [0.717, 1.165) is 5.56 Å². The highest BCUT2D eigenvalue weighted by molar-refractivity contribution is 5.84. The van der Waals surface area contributed by atoms with Crippen LogP contribution in [0.15, 0.2) is 18.3 Å². The Balaban J connectivity index is 2.65. The number of hydrogen-bond donors (Lipinski definition) is 1. The van der Waals surface area contributed by atoms with Crippen LogP contribution in [0.25, 0.3) is 0 Å². The predicted octanol–water partition coefficient (Wildman–Crippen LogP) is 1.13. The van der Waals surface area contributed by atoms with Crippen LogP contribution in [-0.4, -0.2) is 30.7 Å². The standard InChI is InChI=1S/C12H18N2O3/c1-12(2,17-4)11(15)14-8-9-6-5-7-13-10(9)16-3/h5-7H,8H2,1-4H3,(H,14,15). The van der Waals surface area contributed by atoms with Gasteiger partial charge in [0.05, 0.1) is 7.11 Å². The van der Waals surface area contributed by atoms with Crippen LogP contribution >= 0.6 is 0 Å². The molecule has 5 nitrogen and oxygen atoms in total. The Morgan fingerprint density at radius 3 is 2.76 bits per heavy atom. The fourth-order valence-corrected chi connectivity index (χ4v) is 1.22. The topological polar surface area (TPSA) is 60.5 Å². The van der Waals surface area contributed by atoms with Gasteiger partial charge in [-0.25, -0.2) is 4.98 Å². The number of ether oxygens (including phenoxy) is 2. The zero-order chi connectivity index (χ0) is 12.9. The first-order valence-corrected chi connectivity index (χ1v) is 5.32. The fraction of sp³-hybridized carbons (Fsp3) is 0.500. The van der Waals surface area contributed by atoms with E-state index in [1.807, 2.05) is 6.07 Å². The largest absolute Gasteiger partial charge is 0.481 e. The number of nitrogens with one attached hydrogen (secondary N) is 1. The summed E-state index contributed by atoms with van der Waals surface area (Å²) in [5.74, 6) is 0.342. The maximum absolute atomic E-state index is 11.8. The van der Waals surface area contributed by atoms with Crippen LogP contribution in [0, 0.1) is 0 Å². The molecule has 1 aromatic heterocycles. The molecule has 94 valence electrons. The number of carbonyl (C=O) groups excluding carboxylic acids is 1. The molecule has 1 rings (SSSR count). The average molecular weight is 238 g/mol. The van der Waals surface area contributed by atoms with Gasteiger partial charge < -0.3 is 14.8 Å². The van der Waals surface area contributed by atoms with Crippen molar-refractivity contribution in [2.45, 2.75) is 26.0 Å². The normalized spacial score (nSPS) is 11.1. The zero-order valence-electron chi connectivity index (χ0n) is 10.6. The summed E-state index contributed by atoms with van der Waals surface area (Å²) in [6, 6.07) is 3.65. The lowest BCUT2D eigenvalue weighted by Crippen LogP contribution is -2.43. The maximum Gasteiger partial charge on any atom is 0.251 e. The molecule has 0 aromatic carbocycles. The van der Waals surface area contributed by atoms with Gasteiger partial charge in [-0.15, -0.1) is 0 Å². The molecule has 1 heterocycles. The van der Waals surface area contributed by atoms with E-state index >= 15 is 0 Å². The van der Waals surface area contributed by atoms with E-state index in [9.17, 15) is 4.79 Å². The molecule has 1 amide bonds. The third-order valence-electron chi connectivity index (χ3n) is 2.54. The summed E-state index contributed by atoms with van der Waals surface area (Å²) in [6.07, 6.45) is 1.64. The van der Waals surface area contributed by atoms with Crippen molar-refractivity contribution in [2.75, 3.05) is 14.2 Å². The minimum absolute atomic E-state index is 0.175. The Labute approximate surface area is 101 Å². The van der Waals surface area contributed by atoms with E-state index in [0.29, 0.717) is 12.4 Å². The molecule has 0 aliphatic heterocycles. The molecule has 0 spiro atoms. The predicted molar refractivity (Wildman–Crippen MR) is 63.7 cm³/mol. The first-order valence-electron chi connectivity index (χ1n) is 5.32.